The first-order valence-corrected chi connectivity index (χ1v) is 5.69. The van der Waals surface area contributed by atoms with Crippen molar-refractivity contribution in [2.45, 2.75) is 13.0 Å². The fourth-order valence-electron chi connectivity index (χ4n) is 2.01. The van der Waals surface area contributed by atoms with Gasteiger partial charge in [-0.15, -0.1) is 0 Å². The van der Waals surface area contributed by atoms with Gasteiger partial charge in [-0.2, -0.15) is 4.98 Å². The van der Waals surface area contributed by atoms with Crippen molar-refractivity contribution in [3.05, 3.63) is 12.2 Å². The minimum Gasteiger partial charge on any atom is -0.395 e. The second kappa shape index (κ2) is 5.93. The van der Waals surface area contributed by atoms with Gasteiger partial charge in [0, 0.05) is 19.6 Å². The van der Waals surface area contributed by atoms with Crippen molar-refractivity contribution in [1.29, 1.82) is 0 Å². The zero-order valence-electron chi connectivity index (χ0n) is 9.38. The molecule has 0 bridgehead atoms. The summed E-state index contributed by atoms with van der Waals surface area (Å²) < 4.78 is 4.72. The molecule has 1 aliphatic rings. The molecule has 0 atom stereocenters. The van der Waals surface area contributed by atoms with E-state index in [1.54, 1.807) is 0 Å². The molecule has 0 aromatic carbocycles. The normalized spacial score (nSPS) is 19.8. The Balaban J connectivity index is 1.80. The van der Waals surface area contributed by atoms with Crippen LogP contribution in [0, 0.1) is 0 Å². The van der Waals surface area contributed by atoms with Crippen molar-refractivity contribution in [2.24, 2.45) is 0 Å². The maximum atomic E-state index is 8.90. The Hall–Kier alpha value is -0.980. The van der Waals surface area contributed by atoms with Gasteiger partial charge in [-0.05, 0) is 19.5 Å². The smallest absolute Gasteiger partial charge is 0.213 e. The van der Waals surface area contributed by atoms with Crippen LogP contribution in [-0.4, -0.2) is 64.4 Å². The van der Waals surface area contributed by atoms with Crippen LogP contribution in [0.4, 0.5) is 0 Å². The van der Waals surface area contributed by atoms with Crippen molar-refractivity contribution >= 4 is 0 Å². The molecule has 1 saturated heterocycles. The number of hydrogen-bond acceptors (Lipinski definition) is 6. The molecule has 1 aromatic rings. The molecule has 1 N–H and O–H groups in total. The first kappa shape index (κ1) is 11.5. The summed E-state index contributed by atoms with van der Waals surface area (Å²) >= 11 is 0. The first-order valence-electron chi connectivity index (χ1n) is 5.69. The summed E-state index contributed by atoms with van der Waals surface area (Å²) in [5, 5.41) is 12.7. The largest absolute Gasteiger partial charge is 0.395 e. The highest BCUT2D eigenvalue weighted by Crippen LogP contribution is 2.05. The lowest BCUT2D eigenvalue weighted by Gasteiger charge is -2.19. The molecule has 2 heterocycles. The van der Waals surface area contributed by atoms with Crippen LogP contribution in [0.2, 0.25) is 0 Å². The van der Waals surface area contributed by atoms with Gasteiger partial charge in [0.2, 0.25) is 6.39 Å². The molecule has 6 heteroatoms. The molecule has 0 unspecified atom stereocenters. The minimum absolute atomic E-state index is 0.241. The Morgan fingerprint density at radius 1 is 1.25 bits per heavy atom. The molecular weight excluding hydrogens is 208 g/mol. The quantitative estimate of drug-likeness (QED) is 0.751. The molecule has 16 heavy (non-hydrogen) atoms. The van der Waals surface area contributed by atoms with Crippen LogP contribution in [0.3, 0.4) is 0 Å². The predicted octanol–water partition coefficient (Wildman–Crippen LogP) is -0.430. The summed E-state index contributed by atoms with van der Waals surface area (Å²) in [5.74, 6) is 0.746. The van der Waals surface area contributed by atoms with Crippen molar-refractivity contribution < 1.29 is 9.63 Å². The topological polar surface area (TPSA) is 65.6 Å². The number of β-amino-alcohol motifs (C(OH)–C–C–N with tert-alkyl or cyclic N) is 1. The van der Waals surface area contributed by atoms with E-state index in [1.807, 2.05) is 0 Å². The summed E-state index contributed by atoms with van der Waals surface area (Å²) in [6.07, 6.45) is 2.49. The zero-order chi connectivity index (χ0) is 11.2. The summed E-state index contributed by atoms with van der Waals surface area (Å²) in [5.41, 5.74) is 0. The molecule has 2 rings (SSSR count). The van der Waals surface area contributed by atoms with E-state index in [0.29, 0.717) is 0 Å². The van der Waals surface area contributed by atoms with E-state index in [9.17, 15) is 0 Å². The third-order valence-electron chi connectivity index (χ3n) is 2.87. The number of aliphatic hydroxyl groups excluding tert-OH is 1. The van der Waals surface area contributed by atoms with Gasteiger partial charge in [0.05, 0.1) is 13.2 Å². The van der Waals surface area contributed by atoms with Crippen molar-refractivity contribution in [3.8, 4) is 0 Å². The summed E-state index contributed by atoms with van der Waals surface area (Å²) in [6.45, 7) is 5.87. The molecule has 0 radical (unpaired) electrons. The third kappa shape index (κ3) is 3.26. The van der Waals surface area contributed by atoms with Gasteiger partial charge in [0.1, 0.15) is 0 Å². The van der Waals surface area contributed by atoms with Gasteiger partial charge in [-0.3, -0.25) is 9.80 Å². The molecule has 1 fully saturated rings. The molecule has 0 spiro atoms. The van der Waals surface area contributed by atoms with E-state index in [0.717, 1.165) is 51.5 Å². The average Bonchev–Trinajstić information content (AvgIpc) is 2.68. The minimum atomic E-state index is 0.241. The second-order valence-corrected chi connectivity index (χ2v) is 4.04. The van der Waals surface area contributed by atoms with E-state index in [1.165, 1.54) is 6.39 Å². The lowest BCUT2D eigenvalue weighted by Crippen LogP contribution is -2.32. The van der Waals surface area contributed by atoms with Gasteiger partial charge < -0.3 is 9.63 Å². The van der Waals surface area contributed by atoms with Crippen molar-refractivity contribution in [2.75, 3.05) is 39.3 Å². The van der Waals surface area contributed by atoms with Crippen LogP contribution in [0.1, 0.15) is 12.2 Å². The molecule has 0 saturated carbocycles. The van der Waals surface area contributed by atoms with Crippen LogP contribution in [0.5, 0.6) is 0 Å². The molecule has 0 amide bonds. The number of aliphatic hydroxyl groups is 1. The number of aromatic nitrogens is 2. The Bertz CT molecular complexity index is 291. The maximum absolute atomic E-state index is 8.90. The van der Waals surface area contributed by atoms with E-state index in [2.05, 4.69) is 19.9 Å². The van der Waals surface area contributed by atoms with Crippen LogP contribution < -0.4 is 0 Å². The van der Waals surface area contributed by atoms with Gasteiger partial charge >= 0.3 is 0 Å². The van der Waals surface area contributed by atoms with Gasteiger partial charge in [-0.1, -0.05) is 5.16 Å². The lowest BCUT2D eigenvalue weighted by molar-refractivity contribution is 0.195. The van der Waals surface area contributed by atoms with Crippen molar-refractivity contribution in [1.82, 2.24) is 19.9 Å². The Morgan fingerprint density at radius 3 is 2.81 bits per heavy atom. The molecule has 90 valence electrons. The summed E-state index contributed by atoms with van der Waals surface area (Å²) in [6, 6.07) is 0. The summed E-state index contributed by atoms with van der Waals surface area (Å²) in [4.78, 5) is 8.63. The van der Waals surface area contributed by atoms with Gasteiger partial charge in [0.25, 0.3) is 0 Å². The predicted molar refractivity (Wildman–Crippen MR) is 57.7 cm³/mol. The highest BCUT2D eigenvalue weighted by Gasteiger charge is 2.15. The molecule has 1 aromatic heterocycles. The number of rotatable bonds is 4. The van der Waals surface area contributed by atoms with E-state index in [4.69, 9.17) is 9.63 Å². The van der Waals surface area contributed by atoms with Crippen molar-refractivity contribution in [3.63, 3.8) is 0 Å². The first-order chi connectivity index (χ1) is 7.88. The molecule has 0 aliphatic carbocycles. The maximum Gasteiger partial charge on any atom is 0.213 e. The zero-order valence-corrected chi connectivity index (χ0v) is 9.38. The van der Waals surface area contributed by atoms with E-state index in [-0.39, 0.29) is 6.61 Å². The van der Waals surface area contributed by atoms with Crippen LogP contribution in [0.15, 0.2) is 10.9 Å². The third-order valence-corrected chi connectivity index (χ3v) is 2.87. The monoisotopic (exact) mass is 226 g/mol. The van der Waals surface area contributed by atoms with Crippen LogP contribution in [0.25, 0.3) is 0 Å². The summed E-state index contributed by atoms with van der Waals surface area (Å²) in [7, 11) is 0. The lowest BCUT2D eigenvalue weighted by atomic mass is 10.4. The van der Waals surface area contributed by atoms with E-state index >= 15 is 0 Å². The highest BCUT2D eigenvalue weighted by molar-refractivity contribution is 4.80. The molecule has 1 aliphatic heterocycles. The molecular formula is C10H18N4O2. The Kier molecular flexibility index (Phi) is 4.26. The highest BCUT2D eigenvalue weighted by atomic mass is 16.5. The molecule has 6 nitrogen and oxygen atoms in total. The van der Waals surface area contributed by atoms with Crippen LogP contribution >= 0.6 is 0 Å². The average molecular weight is 226 g/mol. The number of nitrogens with zero attached hydrogens (tertiary/aromatic N) is 4. The van der Waals surface area contributed by atoms with Gasteiger partial charge in [-0.25, -0.2) is 0 Å². The fourth-order valence-corrected chi connectivity index (χ4v) is 2.01. The second-order valence-electron chi connectivity index (χ2n) is 4.04. The van der Waals surface area contributed by atoms with Crippen LogP contribution in [-0.2, 0) is 6.54 Å². The van der Waals surface area contributed by atoms with E-state index < -0.39 is 0 Å². The Labute approximate surface area is 94.8 Å². The number of hydrogen-bond donors (Lipinski definition) is 1. The van der Waals surface area contributed by atoms with Gasteiger partial charge in [0.15, 0.2) is 5.82 Å². The standard InChI is InChI=1S/C10H18N4O2/c15-7-6-13-2-1-3-14(5-4-13)8-10-11-9-16-12-10/h9,15H,1-8H2. The Morgan fingerprint density at radius 2 is 2.06 bits per heavy atom. The SMILES string of the molecule is OCCN1CCCN(Cc2ncon2)CC1. The fraction of sp³-hybridized carbons (Fsp3) is 0.800.